The summed E-state index contributed by atoms with van der Waals surface area (Å²) < 4.78 is 30.0. The SMILES string of the molecule is CC(C)(C)NC(=O)C(Cc1ccccc1)N(Cc1ccc(Br)cc1)C(=O)CN(c1cc(Cl)ccc1Cl)S(=O)(=O)c1ccccc1. The Balaban J connectivity index is 1.84. The maximum Gasteiger partial charge on any atom is 0.264 e. The minimum atomic E-state index is -4.30. The number of hydrogen-bond acceptors (Lipinski definition) is 4. The minimum absolute atomic E-state index is 0.0281. The molecule has 0 aliphatic carbocycles. The van der Waals surface area contributed by atoms with Gasteiger partial charge in [-0.05, 0) is 74.4 Å². The van der Waals surface area contributed by atoms with Crippen LogP contribution in [0.25, 0.3) is 0 Å². The highest BCUT2D eigenvalue weighted by Gasteiger charge is 2.36. The largest absolute Gasteiger partial charge is 0.350 e. The monoisotopic (exact) mass is 729 g/mol. The normalized spacial score (nSPS) is 12.3. The van der Waals surface area contributed by atoms with Crippen LogP contribution in [0, 0.1) is 0 Å². The third-order valence-electron chi connectivity index (χ3n) is 6.82. The molecule has 0 radical (unpaired) electrons. The average Bonchev–Trinajstić information content (AvgIpc) is 3.00. The van der Waals surface area contributed by atoms with Crippen molar-refractivity contribution in [2.24, 2.45) is 0 Å². The van der Waals surface area contributed by atoms with Gasteiger partial charge in [-0.15, -0.1) is 0 Å². The number of carbonyl (C=O) groups excluding carboxylic acids is 2. The summed E-state index contributed by atoms with van der Waals surface area (Å²) in [5.74, 6) is -0.964. The van der Waals surface area contributed by atoms with E-state index in [-0.39, 0.29) is 39.5 Å². The molecule has 0 saturated carbocycles. The predicted octanol–water partition coefficient (Wildman–Crippen LogP) is 7.51. The second-order valence-corrected chi connectivity index (χ2v) is 15.1. The van der Waals surface area contributed by atoms with Crippen LogP contribution in [0.4, 0.5) is 5.69 Å². The Kier molecular flexibility index (Phi) is 11.4. The molecule has 4 aromatic rings. The van der Waals surface area contributed by atoms with Crippen LogP contribution in [0.15, 0.2) is 112 Å². The van der Waals surface area contributed by atoms with E-state index in [9.17, 15) is 18.0 Å². The quantitative estimate of drug-likeness (QED) is 0.173. The summed E-state index contributed by atoms with van der Waals surface area (Å²) in [6.07, 6.45) is 0.203. The Morgan fingerprint density at radius 3 is 2.04 bits per heavy atom. The maximum atomic E-state index is 14.5. The summed E-state index contributed by atoms with van der Waals surface area (Å²) >= 11 is 16.3. The molecule has 0 fully saturated rings. The lowest BCUT2D eigenvalue weighted by atomic mass is 10.0. The van der Waals surface area contributed by atoms with Crippen LogP contribution in [0.2, 0.25) is 10.0 Å². The van der Waals surface area contributed by atoms with Gasteiger partial charge in [-0.2, -0.15) is 0 Å². The number of halogens is 3. The molecule has 1 N–H and O–H groups in total. The van der Waals surface area contributed by atoms with Gasteiger partial charge in [0.15, 0.2) is 0 Å². The summed E-state index contributed by atoms with van der Waals surface area (Å²) in [7, 11) is -4.30. The van der Waals surface area contributed by atoms with E-state index in [2.05, 4.69) is 21.2 Å². The van der Waals surface area contributed by atoms with E-state index in [4.69, 9.17) is 23.2 Å². The second kappa shape index (κ2) is 14.8. The van der Waals surface area contributed by atoms with Crippen LogP contribution in [0.5, 0.6) is 0 Å². The first-order chi connectivity index (χ1) is 21.2. The highest BCUT2D eigenvalue weighted by molar-refractivity contribution is 9.10. The molecular formula is C34H34BrCl2N3O4S. The van der Waals surface area contributed by atoms with Gasteiger partial charge in [0, 0.05) is 28.0 Å². The molecule has 11 heteroatoms. The van der Waals surface area contributed by atoms with Gasteiger partial charge in [-0.25, -0.2) is 8.42 Å². The van der Waals surface area contributed by atoms with Crippen LogP contribution in [-0.4, -0.2) is 43.3 Å². The molecule has 0 aromatic heterocycles. The molecule has 2 amide bonds. The summed E-state index contributed by atoms with van der Waals surface area (Å²) in [6, 6.07) is 28.0. The van der Waals surface area contributed by atoms with Crippen LogP contribution in [0.3, 0.4) is 0 Å². The van der Waals surface area contributed by atoms with E-state index in [1.807, 2.05) is 75.4 Å². The third-order valence-corrected chi connectivity index (χ3v) is 9.68. The van der Waals surface area contributed by atoms with E-state index in [1.54, 1.807) is 18.2 Å². The molecular weight excluding hydrogens is 697 g/mol. The zero-order valence-electron chi connectivity index (χ0n) is 25.1. The van der Waals surface area contributed by atoms with Crippen molar-refractivity contribution in [2.75, 3.05) is 10.8 Å². The van der Waals surface area contributed by atoms with Gasteiger partial charge in [0.2, 0.25) is 11.8 Å². The summed E-state index contributed by atoms with van der Waals surface area (Å²) in [4.78, 5) is 29.9. The fourth-order valence-electron chi connectivity index (χ4n) is 4.70. The highest BCUT2D eigenvalue weighted by Crippen LogP contribution is 2.33. The van der Waals surface area contributed by atoms with Crippen molar-refractivity contribution in [1.82, 2.24) is 10.2 Å². The molecule has 0 spiro atoms. The van der Waals surface area contributed by atoms with Gasteiger partial charge in [0.1, 0.15) is 12.6 Å². The van der Waals surface area contributed by atoms with Crippen LogP contribution >= 0.6 is 39.1 Å². The predicted molar refractivity (Wildman–Crippen MR) is 184 cm³/mol. The molecule has 0 aliphatic heterocycles. The average molecular weight is 732 g/mol. The summed E-state index contributed by atoms with van der Waals surface area (Å²) in [5.41, 5.74) is 1.05. The first-order valence-electron chi connectivity index (χ1n) is 14.2. The first kappa shape index (κ1) is 34.5. The molecule has 0 aliphatic rings. The smallest absolute Gasteiger partial charge is 0.264 e. The zero-order valence-corrected chi connectivity index (χ0v) is 29.0. The van der Waals surface area contributed by atoms with E-state index >= 15 is 0 Å². The third kappa shape index (κ3) is 9.33. The lowest BCUT2D eigenvalue weighted by molar-refractivity contribution is -0.140. The van der Waals surface area contributed by atoms with E-state index in [0.29, 0.717) is 0 Å². The van der Waals surface area contributed by atoms with Crippen LogP contribution < -0.4 is 9.62 Å². The number of sulfonamides is 1. The number of nitrogens with zero attached hydrogens (tertiary/aromatic N) is 2. The standard InChI is InChI=1S/C34H34BrCl2N3O4S/c1-34(2,3)38-33(42)31(20-24-10-6-4-7-11-24)39(22-25-14-16-26(35)17-15-25)32(41)23-40(30-21-27(36)18-19-29(30)37)45(43,44)28-12-8-5-9-13-28/h4-19,21,31H,20,22-23H2,1-3H3,(H,38,42). The van der Waals surface area contributed by atoms with Crippen molar-refractivity contribution in [2.45, 2.75) is 50.2 Å². The Labute approximate surface area is 283 Å². The fourth-order valence-corrected chi connectivity index (χ4v) is 6.85. The Morgan fingerprint density at radius 1 is 0.844 bits per heavy atom. The van der Waals surface area contributed by atoms with Gasteiger partial charge in [0.05, 0.1) is 15.6 Å². The molecule has 0 bridgehead atoms. The molecule has 1 atom stereocenters. The van der Waals surface area contributed by atoms with Crippen molar-refractivity contribution in [3.63, 3.8) is 0 Å². The number of carbonyl (C=O) groups is 2. The number of benzene rings is 4. The van der Waals surface area contributed by atoms with E-state index < -0.39 is 34.1 Å². The highest BCUT2D eigenvalue weighted by atomic mass is 79.9. The van der Waals surface area contributed by atoms with E-state index in [0.717, 1.165) is 19.9 Å². The van der Waals surface area contributed by atoms with Gasteiger partial charge in [-0.3, -0.25) is 13.9 Å². The number of amides is 2. The summed E-state index contributed by atoms with van der Waals surface area (Å²) in [6.45, 7) is 4.99. The van der Waals surface area contributed by atoms with Gasteiger partial charge >= 0.3 is 0 Å². The second-order valence-electron chi connectivity index (χ2n) is 11.5. The summed E-state index contributed by atoms with van der Waals surface area (Å²) in [5, 5.41) is 3.36. The van der Waals surface area contributed by atoms with Crippen molar-refractivity contribution in [3.05, 3.63) is 129 Å². The molecule has 4 rings (SSSR count). The van der Waals surface area contributed by atoms with Gasteiger partial charge in [0.25, 0.3) is 10.0 Å². The molecule has 1 unspecified atom stereocenters. The number of anilines is 1. The Morgan fingerprint density at radius 2 is 1.44 bits per heavy atom. The molecule has 236 valence electrons. The Hall–Kier alpha value is -3.37. The lowest BCUT2D eigenvalue weighted by Gasteiger charge is -2.35. The molecule has 4 aromatic carbocycles. The number of nitrogens with one attached hydrogen (secondary N) is 1. The minimum Gasteiger partial charge on any atom is -0.350 e. The van der Waals surface area contributed by atoms with Crippen LogP contribution in [0.1, 0.15) is 31.9 Å². The first-order valence-corrected chi connectivity index (χ1v) is 17.2. The molecule has 0 heterocycles. The van der Waals surface area contributed by atoms with Gasteiger partial charge < -0.3 is 10.2 Å². The Bertz CT molecular complexity index is 1730. The van der Waals surface area contributed by atoms with Crippen molar-refractivity contribution < 1.29 is 18.0 Å². The van der Waals surface area contributed by atoms with Crippen molar-refractivity contribution in [1.29, 1.82) is 0 Å². The molecule has 7 nitrogen and oxygen atoms in total. The number of hydrogen-bond donors (Lipinski definition) is 1. The van der Waals surface area contributed by atoms with Crippen LogP contribution in [-0.2, 0) is 32.6 Å². The van der Waals surface area contributed by atoms with Gasteiger partial charge in [-0.1, -0.05) is 99.8 Å². The fraction of sp³-hybridized carbons (Fsp3) is 0.235. The topological polar surface area (TPSA) is 86.8 Å². The van der Waals surface area contributed by atoms with E-state index in [1.165, 1.54) is 35.2 Å². The maximum absolute atomic E-state index is 14.5. The van der Waals surface area contributed by atoms with Crippen molar-refractivity contribution in [3.8, 4) is 0 Å². The number of rotatable bonds is 11. The van der Waals surface area contributed by atoms with Crippen molar-refractivity contribution >= 4 is 66.7 Å². The zero-order chi connectivity index (χ0) is 32.8. The lowest BCUT2D eigenvalue weighted by Crippen LogP contribution is -2.56. The molecule has 0 saturated heterocycles. The molecule has 45 heavy (non-hydrogen) atoms.